The van der Waals surface area contributed by atoms with E-state index in [1.54, 1.807) is 32.2 Å². The quantitative estimate of drug-likeness (QED) is 0.689. The number of aromatic nitrogens is 3. The lowest BCUT2D eigenvalue weighted by molar-refractivity contribution is -0.204. The Labute approximate surface area is 165 Å². The van der Waals surface area contributed by atoms with E-state index >= 15 is 0 Å². The van der Waals surface area contributed by atoms with Crippen LogP contribution in [0.4, 0.5) is 5.82 Å². The van der Waals surface area contributed by atoms with Crippen molar-refractivity contribution >= 4 is 11.8 Å². The van der Waals surface area contributed by atoms with Crippen molar-refractivity contribution < 1.29 is 28.2 Å². The van der Waals surface area contributed by atoms with Gasteiger partial charge in [-0.3, -0.25) is 4.79 Å². The molecule has 0 spiro atoms. The Morgan fingerprint density at radius 1 is 1.34 bits per heavy atom. The molecule has 2 aliphatic heterocycles. The van der Waals surface area contributed by atoms with Gasteiger partial charge in [0, 0.05) is 6.92 Å². The van der Waals surface area contributed by atoms with E-state index in [2.05, 4.69) is 15.4 Å². The third kappa shape index (κ3) is 4.16. The number of hydrogen-bond acceptors (Lipinski definition) is 10. The highest BCUT2D eigenvalue weighted by molar-refractivity contribution is 5.65. The minimum absolute atomic E-state index is 0.0165. The molecule has 0 aliphatic carbocycles. The van der Waals surface area contributed by atoms with Gasteiger partial charge in [0.15, 0.2) is 17.8 Å². The van der Waals surface area contributed by atoms with Crippen LogP contribution in [-0.4, -0.2) is 51.4 Å². The number of hydrogen-bond donors (Lipinski definition) is 1. The first-order valence-electron chi connectivity index (χ1n) is 9.19. The van der Waals surface area contributed by atoms with Gasteiger partial charge in [-0.05, 0) is 26.0 Å². The van der Waals surface area contributed by atoms with Crippen molar-refractivity contribution in [2.24, 2.45) is 0 Å². The molecule has 0 saturated carbocycles. The van der Waals surface area contributed by atoms with Gasteiger partial charge in [0.25, 0.3) is 0 Å². The summed E-state index contributed by atoms with van der Waals surface area (Å²) in [6.45, 7) is 5.19. The molecule has 2 fully saturated rings. The van der Waals surface area contributed by atoms with E-state index in [0.717, 1.165) is 4.68 Å². The Morgan fingerprint density at radius 2 is 2.14 bits per heavy atom. The predicted molar refractivity (Wildman–Crippen MR) is 96.7 cm³/mol. The molecule has 2 aromatic heterocycles. The number of anilines is 1. The fourth-order valence-electron chi connectivity index (χ4n) is 3.39. The zero-order valence-corrected chi connectivity index (χ0v) is 16.2. The fraction of sp³-hybridized carbons (Fsp3) is 0.556. The highest BCUT2D eigenvalue weighted by Gasteiger charge is 2.56. The van der Waals surface area contributed by atoms with E-state index in [1.165, 1.54) is 13.1 Å². The van der Waals surface area contributed by atoms with Gasteiger partial charge in [0.05, 0.1) is 19.0 Å². The van der Waals surface area contributed by atoms with Crippen LogP contribution in [0.15, 0.2) is 33.8 Å². The van der Waals surface area contributed by atoms with Gasteiger partial charge in [-0.1, -0.05) is 0 Å². The molecule has 11 heteroatoms. The first kappa shape index (κ1) is 19.6. The maximum Gasteiger partial charge on any atom is 0.368 e. The summed E-state index contributed by atoms with van der Waals surface area (Å²) in [5.41, 5.74) is -0.611. The van der Waals surface area contributed by atoms with Crippen LogP contribution in [0, 0.1) is 0 Å². The lowest BCUT2D eigenvalue weighted by Crippen LogP contribution is -2.36. The minimum Gasteiger partial charge on any atom is -0.467 e. The summed E-state index contributed by atoms with van der Waals surface area (Å²) in [6, 6.07) is 3.57. The Bertz CT molecular complexity index is 927. The first-order chi connectivity index (χ1) is 13.8. The van der Waals surface area contributed by atoms with Crippen LogP contribution in [0.3, 0.4) is 0 Å². The predicted octanol–water partition coefficient (Wildman–Crippen LogP) is 0.824. The van der Waals surface area contributed by atoms with Crippen molar-refractivity contribution in [1.29, 1.82) is 0 Å². The third-order valence-electron chi connectivity index (χ3n) is 4.56. The molecule has 1 N–H and O–H groups in total. The second-order valence-electron chi connectivity index (χ2n) is 7.23. The van der Waals surface area contributed by atoms with Crippen LogP contribution >= 0.6 is 0 Å². The average Bonchev–Trinajstić information content (AvgIpc) is 3.34. The molecule has 4 heterocycles. The molecular formula is C18H22N4O7. The van der Waals surface area contributed by atoms with E-state index in [-0.39, 0.29) is 6.61 Å². The molecule has 156 valence electrons. The highest BCUT2D eigenvalue weighted by Crippen LogP contribution is 2.42. The molecule has 4 atom stereocenters. The molecule has 4 rings (SSSR count). The summed E-state index contributed by atoms with van der Waals surface area (Å²) in [5, 5.41) is 7.15. The molecule has 2 aliphatic rings. The summed E-state index contributed by atoms with van der Waals surface area (Å²) < 4.78 is 29.1. The van der Waals surface area contributed by atoms with E-state index < -0.39 is 42.0 Å². The number of furan rings is 1. The molecule has 0 amide bonds. The molecular weight excluding hydrogens is 384 g/mol. The lowest BCUT2D eigenvalue weighted by Gasteiger charge is -2.24. The smallest absolute Gasteiger partial charge is 0.368 e. The zero-order chi connectivity index (χ0) is 20.6. The van der Waals surface area contributed by atoms with Crippen LogP contribution < -0.4 is 11.0 Å². The van der Waals surface area contributed by atoms with Gasteiger partial charge in [0.2, 0.25) is 0 Å². The van der Waals surface area contributed by atoms with Gasteiger partial charge in [-0.15, -0.1) is 0 Å². The molecule has 0 bridgehead atoms. The molecule has 29 heavy (non-hydrogen) atoms. The lowest BCUT2D eigenvalue weighted by atomic mass is 10.1. The number of nitrogens with one attached hydrogen (secondary N) is 1. The second-order valence-corrected chi connectivity index (χ2v) is 7.23. The highest BCUT2D eigenvalue weighted by atomic mass is 16.8. The largest absolute Gasteiger partial charge is 0.467 e. The number of esters is 1. The molecule has 2 saturated heterocycles. The zero-order valence-electron chi connectivity index (χ0n) is 16.2. The fourth-order valence-corrected chi connectivity index (χ4v) is 3.39. The normalized spacial score (nSPS) is 27.6. The van der Waals surface area contributed by atoms with Crippen LogP contribution in [0.25, 0.3) is 0 Å². The maximum atomic E-state index is 12.6. The summed E-state index contributed by atoms with van der Waals surface area (Å²) in [7, 11) is 0. The van der Waals surface area contributed by atoms with Gasteiger partial charge >= 0.3 is 11.7 Å². The van der Waals surface area contributed by atoms with E-state index in [4.69, 9.17) is 23.4 Å². The minimum atomic E-state index is -0.868. The number of fused-ring (bicyclic) bond motifs is 1. The van der Waals surface area contributed by atoms with Crippen LogP contribution in [-0.2, 0) is 30.3 Å². The average molecular weight is 406 g/mol. The Kier molecular flexibility index (Phi) is 5.11. The first-order valence-corrected chi connectivity index (χ1v) is 9.19. The number of nitrogens with zero attached hydrogens (tertiary/aromatic N) is 3. The third-order valence-corrected chi connectivity index (χ3v) is 4.56. The van der Waals surface area contributed by atoms with Crippen LogP contribution in [0.2, 0.25) is 0 Å². The van der Waals surface area contributed by atoms with E-state index in [9.17, 15) is 9.59 Å². The molecule has 11 nitrogen and oxygen atoms in total. The van der Waals surface area contributed by atoms with Crippen molar-refractivity contribution in [3.63, 3.8) is 0 Å². The van der Waals surface area contributed by atoms with Crippen molar-refractivity contribution in [3.05, 3.63) is 40.8 Å². The molecule has 0 aromatic carbocycles. The van der Waals surface area contributed by atoms with Gasteiger partial charge < -0.3 is 28.7 Å². The number of carbonyl (C=O) groups excluding carboxylic acids is 1. The van der Waals surface area contributed by atoms with Crippen molar-refractivity contribution in [3.8, 4) is 0 Å². The SMILES string of the molecule is CC(=O)OCC1OC(n2ncc(NCc3ccco3)nc2=O)C2OC(C)(C)OC12. The van der Waals surface area contributed by atoms with E-state index in [1.807, 2.05) is 0 Å². The Morgan fingerprint density at radius 3 is 2.83 bits per heavy atom. The monoisotopic (exact) mass is 406 g/mol. The topological polar surface area (TPSA) is 127 Å². The Hall–Kier alpha value is -2.76. The van der Waals surface area contributed by atoms with Crippen LogP contribution in [0.5, 0.6) is 0 Å². The van der Waals surface area contributed by atoms with Crippen molar-refractivity contribution in [2.45, 2.75) is 57.6 Å². The summed E-state index contributed by atoms with van der Waals surface area (Å²) >= 11 is 0. The Balaban J connectivity index is 1.51. The summed E-state index contributed by atoms with van der Waals surface area (Å²) in [4.78, 5) is 27.7. The standard InChI is InChI=1S/C18H22N4O7/c1-10(23)26-9-12-14-15(29-18(2,3)28-14)16(27-12)22-17(24)21-13(8-20-22)19-7-11-5-4-6-25-11/h4-6,8,12,14-16H,7,9H2,1-3H3,(H,19,21,24). The molecule has 2 aromatic rings. The molecule has 0 radical (unpaired) electrons. The van der Waals surface area contributed by atoms with Gasteiger partial charge in [0.1, 0.15) is 30.7 Å². The van der Waals surface area contributed by atoms with Crippen molar-refractivity contribution in [2.75, 3.05) is 11.9 Å². The van der Waals surface area contributed by atoms with Crippen LogP contribution in [0.1, 0.15) is 32.8 Å². The van der Waals surface area contributed by atoms with Crippen molar-refractivity contribution in [1.82, 2.24) is 14.8 Å². The summed E-state index contributed by atoms with van der Waals surface area (Å²) in [5.74, 6) is -0.300. The molecule has 4 unspecified atom stereocenters. The number of carbonyl (C=O) groups is 1. The maximum absolute atomic E-state index is 12.6. The number of rotatable bonds is 6. The number of ether oxygens (including phenoxy) is 4. The second kappa shape index (κ2) is 7.58. The van der Waals surface area contributed by atoms with Gasteiger partial charge in [-0.25, -0.2) is 4.79 Å². The summed E-state index contributed by atoms with van der Waals surface area (Å²) in [6.07, 6.45) is 0.413. The van der Waals surface area contributed by atoms with Gasteiger partial charge in [-0.2, -0.15) is 14.8 Å². The van der Waals surface area contributed by atoms with E-state index in [0.29, 0.717) is 18.1 Å².